The van der Waals surface area contributed by atoms with Crippen molar-refractivity contribution in [3.63, 3.8) is 0 Å². The van der Waals surface area contributed by atoms with Crippen molar-refractivity contribution in [3.05, 3.63) is 56.8 Å². The summed E-state index contributed by atoms with van der Waals surface area (Å²) in [6.45, 7) is 3.20. The number of hydrogen-bond acceptors (Lipinski definition) is 8. The first-order valence-corrected chi connectivity index (χ1v) is 11.7. The Bertz CT molecular complexity index is 1210. The van der Waals surface area contributed by atoms with Gasteiger partial charge in [0.05, 0.1) is 45.5 Å². The highest BCUT2D eigenvalue weighted by atomic mass is 16.5. The molecule has 1 saturated heterocycles. The second kappa shape index (κ2) is 10.3. The summed E-state index contributed by atoms with van der Waals surface area (Å²) < 4.78 is 29.9. The molecule has 9 heteroatoms. The average molecular weight is 482 g/mol. The van der Waals surface area contributed by atoms with Crippen LogP contribution in [0, 0.1) is 11.3 Å². The summed E-state index contributed by atoms with van der Waals surface area (Å²) in [5.74, 6) is 0.794. The Morgan fingerprint density at radius 2 is 1.89 bits per heavy atom. The van der Waals surface area contributed by atoms with Gasteiger partial charge in [-0.25, -0.2) is 0 Å². The third kappa shape index (κ3) is 4.42. The quantitative estimate of drug-likeness (QED) is 0.611. The maximum absolute atomic E-state index is 14.0. The van der Waals surface area contributed by atoms with Gasteiger partial charge < -0.3 is 34.0 Å². The Morgan fingerprint density at radius 3 is 2.43 bits per heavy atom. The lowest BCUT2D eigenvalue weighted by molar-refractivity contribution is 0.0952. The summed E-state index contributed by atoms with van der Waals surface area (Å²) in [6.07, 6.45) is 3.40. The molecule has 0 spiro atoms. The van der Waals surface area contributed by atoms with Gasteiger partial charge in [-0.2, -0.15) is 5.26 Å². The van der Waals surface area contributed by atoms with Crippen LogP contribution in [0.2, 0.25) is 0 Å². The number of rotatable bonds is 8. The van der Waals surface area contributed by atoms with Crippen LogP contribution in [0.15, 0.2) is 34.4 Å². The molecule has 4 rings (SSSR count). The predicted octanol–water partition coefficient (Wildman–Crippen LogP) is 3.22. The molecule has 1 aromatic carbocycles. The zero-order valence-electron chi connectivity index (χ0n) is 20.6. The molecule has 186 valence electrons. The van der Waals surface area contributed by atoms with Crippen molar-refractivity contribution in [1.29, 1.82) is 5.26 Å². The summed E-state index contributed by atoms with van der Waals surface area (Å²) in [5, 5.41) is 10.0. The molecule has 0 saturated carbocycles. The van der Waals surface area contributed by atoms with Gasteiger partial charge in [-0.3, -0.25) is 4.79 Å². The number of methoxy groups -OCH3 is 3. The lowest BCUT2D eigenvalue weighted by Crippen LogP contribution is -2.35. The number of allylic oxidation sites excluding steroid dienone is 1. The largest absolute Gasteiger partial charge is 0.493 e. The van der Waals surface area contributed by atoms with Crippen LogP contribution in [0.5, 0.6) is 23.0 Å². The van der Waals surface area contributed by atoms with E-state index in [0.29, 0.717) is 53.7 Å². The number of aryl methyl sites for hydroxylation is 1. The molecule has 0 radical (unpaired) electrons. The van der Waals surface area contributed by atoms with Gasteiger partial charge in [0.2, 0.25) is 11.6 Å². The van der Waals surface area contributed by atoms with E-state index in [4.69, 9.17) is 29.4 Å². The fraction of sp³-hybridized carbons (Fsp3) is 0.462. The van der Waals surface area contributed by atoms with E-state index < -0.39 is 5.92 Å². The van der Waals surface area contributed by atoms with Gasteiger partial charge in [0.1, 0.15) is 17.4 Å². The first-order valence-electron chi connectivity index (χ1n) is 11.7. The highest BCUT2D eigenvalue weighted by Crippen LogP contribution is 2.46. The fourth-order valence-electron chi connectivity index (χ4n) is 4.87. The number of hydrogen-bond donors (Lipinski definition) is 1. The summed E-state index contributed by atoms with van der Waals surface area (Å²) in [7, 11) is 4.54. The first-order chi connectivity index (χ1) is 17.0. The molecule has 2 aliphatic heterocycles. The van der Waals surface area contributed by atoms with Crippen molar-refractivity contribution in [2.75, 3.05) is 27.9 Å². The van der Waals surface area contributed by atoms with Crippen LogP contribution in [0.3, 0.4) is 0 Å². The minimum Gasteiger partial charge on any atom is -0.493 e. The van der Waals surface area contributed by atoms with E-state index in [1.165, 1.54) is 21.3 Å². The zero-order valence-corrected chi connectivity index (χ0v) is 20.6. The van der Waals surface area contributed by atoms with Gasteiger partial charge in [0.15, 0.2) is 11.5 Å². The molecule has 1 aromatic heterocycles. The molecule has 2 aliphatic rings. The number of nitrogens with zero attached hydrogens (tertiary/aromatic N) is 2. The van der Waals surface area contributed by atoms with Crippen LogP contribution in [0.1, 0.15) is 48.9 Å². The smallest absolute Gasteiger partial charge is 0.258 e. The number of benzene rings is 1. The molecule has 0 aliphatic carbocycles. The highest BCUT2D eigenvalue weighted by molar-refractivity contribution is 5.61. The number of aromatic nitrogens is 1. The number of nitrogens with two attached hydrogens (primary N) is 1. The lowest BCUT2D eigenvalue weighted by atomic mass is 9.83. The van der Waals surface area contributed by atoms with E-state index in [0.717, 1.165) is 25.0 Å². The molecule has 2 aromatic rings. The topological polar surface area (TPSA) is 118 Å². The maximum Gasteiger partial charge on any atom is 0.258 e. The molecular weight excluding hydrogens is 450 g/mol. The van der Waals surface area contributed by atoms with Gasteiger partial charge in [0.25, 0.3) is 5.56 Å². The van der Waals surface area contributed by atoms with Crippen LogP contribution in [0.4, 0.5) is 0 Å². The number of nitriles is 1. The van der Waals surface area contributed by atoms with Crippen molar-refractivity contribution in [3.8, 4) is 29.1 Å². The first kappa shape index (κ1) is 24.5. The van der Waals surface area contributed by atoms with Crippen molar-refractivity contribution in [1.82, 2.24) is 4.57 Å². The predicted molar refractivity (Wildman–Crippen MR) is 129 cm³/mol. The summed E-state index contributed by atoms with van der Waals surface area (Å²) in [4.78, 5) is 14.0. The molecule has 35 heavy (non-hydrogen) atoms. The van der Waals surface area contributed by atoms with Crippen molar-refractivity contribution < 1.29 is 23.7 Å². The Labute approximate surface area is 204 Å². The highest BCUT2D eigenvalue weighted by Gasteiger charge is 2.36. The van der Waals surface area contributed by atoms with Crippen LogP contribution in [-0.4, -0.2) is 38.6 Å². The molecule has 0 bridgehead atoms. The Hall–Kier alpha value is -3.64. The van der Waals surface area contributed by atoms with E-state index in [9.17, 15) is 10.1 Å². The molecule has 1 fully saturated rings. The van der Waals surface area contributed by atoms with Crippen LogP contribution in [-0.2, 0) is 17.7 Å². The third-order valence-corrected chi connectivity index (χ3v) is 6.51. The zero-order chi connectivity index (χ0) is 25.1. The standard InChI is InChI=1S/C26H31N3O6/c1-5-7-16-12-19-23(26(30)29(16)14-17-8-6-9-34-17)22(18(13-27)25(28)35-19)15-10-20(31-2)24(33-4)21(11-15)32-3/h10-12,17,22H,5-9,14,28H2,1-4H3. The molecular formula is C26H31N3O6. The minimum atomic E-state index is -0.767. The molecule has 2 N–H and O–H groups in total. The lowest BCUT2D eigenvalue weighted by Gasteiger charge is -2.29. The summed E-state index contributed by atoms with van der Waals surface area (Å²) in [6, 6.07) is 7.48. The van der Waals surface area contributed by atoms with E-state index >= 15 is 0 Å². The van der Waals surface area contributed by atoms with Gasteiger partial charge in [0, 0.05) is 18.4 Å². The van der Waals surface area contributed by atoms with E-state index in [-0.39, 0.29) is 23.1 Å². The number of ether oxygens (including phenoxy) is 5. The van der Waals surface area contributed by atoms with Crippen LogP contribution in [0.25, 0.3) is 0 Å². The van der Waals surface area contributed by atoms with Crippen molar-refractivity contribution in [2.24, 2.45) is 5.73 Å². The monoisotopic (exact) mass is 481 g/mol. The van der Waals surface area contributed by atoms with Gasteiger partial charge in [-0.15, -0.1) is 0 Å². The Kier molecular flexibility index (Phi) is 7.22. The van der Waals surface area contributed by atoms with Crippen LogP contribution >= 0.6 is 0 Å². The third-order valence-electron chi connectivity index (χ3n) is 6.51. The van der Waals surface area contributed by atoms with Gasteiger partial charge in [-0.05, 0) is 37.0 Å². The van der Waals surface area contributed by atoms with Crippen molar-refractivity contribution in [2.45, 2.75) is 51.2 Å². The van der Waals surface area contributed by atoms with Gasteiger partial charge in [-0.1, -0.05) is 13.3 Å². The number of pyridine rings is 1. The normalized spacial score (nSPS) is 19.1. The molecule has 0 amide bonds. The number of fused-ring (bicyclic) bond motifs is 1. The second-order valence-electron chi connectivity index (χ2n) is 8.60. The molecule has 3 heterocycles. The van der Waals surface area contributed by atoms with E-state index in [2.05, 4.69) is 13.0 Å². The summed E-state index contributed by atoms with van der Waals surface area (Å²) in [5.41, 5.74) is 7.92. The van der Waals surface area contributed by atoms with Crippen LogP contribution < -0.4 is 30.2 Å². The summed E-state index contributed by atoms with van der Waals surface area (Å²) >= 11 is 0. The van der Waals surface area contributed by atoms with Crippen molar-refractivity contribution >= 4 is 0 Å². The SMILES string of the molecule is CCCc1cc2c(c(=O)n1CC1CCCO1)C(c1cc(OC)c(OC)c(OC)c1)C(C#N)=C(N)O2. The average Bonchev–Trinajstić information content (AvgIpc) is 3.38. The Morgan fingerprint density at radius 1 is 1.17 bits per heavy atom. The molecule has 2 unspecified atom stereocenters. The Balaban J connectivity index is 1.96. The minimum absolute atomic E-state index is 0.0264. The molecule has 9 nitrogen and oxygen atoms in total. The van der Waals surface area contributed by atoms with Gasteiger partial charge >= 0.3 is 0 Å². The fourth-order valence-corrected chi connectivity index (χ4v) is 4.87. The van der Waals surface area contributed by atoms with E-state index in [1.54, 1.807) is 16.7 Å². The molecule has 2 atom stereocenters. The second-order valence-corrected chi connectivity index (χ2v) is 8.60. The van der Waals surface area contributed by atoms with E-state index in [1.807, 2.05) is 6.07 Å². The maximum atomic E-state index is 14.0.